The molecule has 0 unspecified atom stereocenters. The highest BCUT2D eigenvalue weighted by molar-refractivity contribution is 6.13. The van der Waals surface area contributed by atoms with Crippen molar-refractivity contribution in [2.75, 3.05) is 13.7 Å². The number of hydrogen-bond acceptors (Lipinski definition) is 5. The maximum Gasteiger partial charge on any atom is 0.337 e. The highest BCUT2D eigenvalue weighted by Crippen LogP contribution is 2.16. The molecule has 0 atom stereocenters. The monoisotopic (exact) mass is 368 g/mol. The van der Waals surface area contributed by atoms with Crippen LogP contribution in [0.5, 0.6) is 5.75 Å². The standard InChI is InChI=1S/C22H24O5/c1-3-4-5-14-27-19-12-10-17(11-13-19)21(24)15-20(23)16-6-8-18(9-7-16)22(25)26-2/h6-13H,3-5,14-15H2,1-2H3. The van der Waals surface area contributed by atoms with Gasteiger partial charge in [0, 0.05) is 11.1 Å². The van der Waals surface area contributed by atoms with E-state index in [-0.39, 0.29) is 18.0 Å². The molecule has 5 nitrogen and oxygen atoms in total. The maximum absolute atomic E-state index is 12.3. The van der Waals surface area contributed by atoms with Crippen LogP contribution in [0.4, 0.5) is 0 Å². The highest BCUT2D eigenvalue weighted by Gasteiger charge is 2.15. The number of benzene rings is 2. The van der Waals surface area contributed by atoms with Gasteiger partial charge in [0.25, 0.3) is 0 Å². The summed E-state index contributed by atoms with van der Waals surface area (Å²) in [6.07, 6.45) is 3.03. The zero-order valence-electron chi connectivity index (χ0n) is 15.7. The van der Waals surface area contributed by atoms with Crippen LogP contribution in [0.1, 0.15) is 63.7 Å². The Kier molecular flexibility index (Phi) is 7.74. The van der Waals surface area contributed by atoms with Crippen molar-refractivity contribution in [3.8, 4) is 5.75 Å². The van der Waals surface area contributed by atoms with Gasteiger partial charge in [-0.1, -0.05) is 31.9 Å². The lowest BCUT2D eigenvalue weighted by Crippen LogP contribution is -2.09. The number of rotatable bonds is 10. The summed E-state index contributed by atoms with van der Waals surface area (Å²) in [6.45, 7) is 2.79. The summed E-state index contributed by atoms with van der Waals surface area (Å²) in [5, 5.41) is 0. The van der Waals surface area contributed by atoms with E-state index in [1.807, 2.05) is 0 Å². The Morgan fingerprint density at radius 2 is 1.30 bits per heavy atom. The van der Waals surface area contributed by atoms with Gasteiger partial charge in [0.2, 0.25) is 0 Å². The first kappa shape index (κ1) is 20.4. The second kappa shape index (κ2) is 10.3. The van der Waals surface area contributed by atoms with Crippen LogP contribution >= 0.6 is 0 Å². The first-order chi connectivity index (χ1) is 13.0. The molecule has 0 heterocycles. The fourth-order valence-corrected chi connectivity index (χ4v) is 2.54. The molecule has 2 aromatic carbocycles. The Morgan fingerprint density at radius 1 is 0.778 bits per heavy atom. The lowest BCUT2D eigenvalue weighted by Gasteiger charge is -2.07. The Bertz CT molecular complexity index is 775. The summed E-state index contributed by atoms with van der Waals surface area (Å²) in [7, 11) is 1.29. The fourth-order valence-electron chi connectivity index (χ4n) is 2.54. The minimum absolute atomic E-state index is 0.228. The summed E-state index contributed by atoms with van der Waals surface area (Å²) in [6, 6.07) is 12.9. The molecule has 0 aliphatic heterocycles. The van der Waals surface area contributed by atoms with Crippen LogP contribution in [0.15, 0.2) is 48.5 Å². The number of carbonyl (C=O) groups excluding carboxylic acids is 3. The Labute approximate surface area is 159 Å². The third-order valence-electron chi connectivity index (χ3n) is 4.14. The van der Waals surface area contributed by atoms with Crippen LogP contribution in [-0.2, 0) is 4.74 Å². The summed E-state index contributed by atoms with van der Waals surface area (Å²) in [5.41, 5.74) is 1.21. The van der Waals surface area contributed by atoms with Crippen LogP contribution in [0.25, 0.3) is 0 Å². The van der Waals surface area contributed by atoms with E-state index in [1.165, 1.54) is 31.4 Å². The Morgan fingerprint density at radius 3 is 1.81 bits per heavy atom. The van der Waals surface area contributed by atoms with E-state index in [2.05, 4.69) is 11.7 Å². The maximum atomic E-state index is 12.3. The van der Waals surface area contributed by atoms with Gasteiger partial charge in [-0.3, -0.25) is 9.59 Å². The Hall–Kier alpha value is -2.95. The Balaban J connectivity index is 1.92. The van der Waals surface area contributed by atoms with Gasteiger partial charge in [0.1, 0.15) is 5.75 Å². The molecule has 0 fully saturated rings. The first-order valence-electron chi connectivity index (χ1n) is 9.02. The van der Waals surface area contributed by atoms with Gasteiger partial charge in [-0.05, 0) is 42.8 Å². The summed E-state index contributed by atoms with van der Waals surface area (Å²) < 4.78 is 10.2. The summed E-state index contributed by atoms with van der Waals surface area (Å²) in [4.78, 5) is 36.0. The molecular weight excluding hydrogens is 344 g/mol. The van der Waals surface area contributed by atoms with Crippen molar-refractivity contribution in [3.05, 3.63) is 65.2 Å². The molecule has 27 heavy (non-hydrogen) atoms. The van der Waals surface area contributed by atoms with E-state index < -0.39 is 5.97 Å². The predicted molar refractivity (Wildman–Crippen MR) is 103 cm³/mol. The van der Waals surface area contributed by atoms with Gasteiger partial charge in [0.05, 0.1) is 25.7 Å². The van der Waals surface area contributed by atoms with Gasteiger partial charge in [0.15, 0.2) is 11.6 Å². The third-order valence-corrected chi connectivity index (χ3v) is 4.14. The van der Waals surface area contributed by atoms with E-state index in [4.69, 9.17) is 4.74 Å². The van der Waals surface area contributed by atoms with Crippen molar-refractivity contribution in [1.29, 1.82) is 0 Å². The minimum atomic E-state index is -0.470. The van der Waals surface area contributed by atoms with E-state index in [9.17, 15) is 14.4 Å². The minimum Gasteiger partial charge on any atom is -0.494 e. The number of Topliss-reactive ketones (excluding diaryl/α,β-unsaturated/α-hetero) is 2. The molecule has 0 aliphatic rings. The van der Waals surface area contributed by atoms with Crippen molar-refractivity contribution >= 4 is 17.5 Å². The zero-order chi connectivity index (χ0) is 19.6. The first-order valence-corrected chi connectivity index (χ1v) is 9.02. The summed E-state index contributed by atoms with van der Waals surface area (Å²) in [5.74, 6) is -0.305. The molecule has 142 valence electrons. The number of ether oxygens (including phenoxy) is 2. The zero-order valence-corrected chi connectivity index (χ0v) is 15.7. The van der Waals surface area contributed by atoms with Gasteiger partial charge >= 0.3 is 5.97 Å². The molecule has 0 saturated heterocycles. The van der Waals surface area contributed by atoms with E-state index in [0.29, 0.717) is 29.0 Å². The van der Waals surface area contributed by atoms with Gasteiger partial charge in [-0.2, -0.15) is 0 Å². The molecule has 2 rings (SSSR count). The topological polar surface area (TPSA) is 69.7 Å². The number of carbonyl (C=O) groups is 3. The van der Waals surface area contributed by atoms with Crippen LogP contribution in [-0.4, -0.2) is 31.3 Å². The molecule has 2 aromatic rings. The second-order valence-corrected chi connectivity index (χ2v) is 6.17. The number of hydrogen-bond donors (Lipinski definition) is 0. The van der Waals surface area contributed by atoms with Crippen LogP contribution < -0.4 is 4.74 Å². The van der Waals surface area contributed by atoms with Crippen molar-refractivity contribution in [2.24, 2.45) is 0 Å². The van der Waals surface area contributed by atoms with E-state index in [0.717, 1.165) is 19.3 Å². The van der Waals surface area contributed by atoms with E-state index >= 15 is 0 Å². The van der Waals surface area contributed by atoms with Crippen molar-refractivity contribution in [3.63, 3.8) is 0 Å². The quantitative estimate of drug-likeness (QED) is 0.267. The summed E-state index contributed by atoms with van der Waals surface area (Å²) >= 11 is 0. The molecule has 0 bridgehead atoms. The predicted octanol–water partition coefficient (Wildman–Crippen LogP) is 4.50. The van der Waals surface area contributed by atoms with Crippen molar-refractivity contribution in [2.45, 2.75) is 32.6 Å². The van der Waals surface area contributed by atoms with Gasteiger partial charge in [-0.25, -0.2) is 4.79 Å². The smallest absolute Gasteiger partial charge is 0.337 e. The average Bonchev–Trinajstić information content (AvgIpc) is 2.71. The highest BCUT2D eigenvalue weighted by atomic mass is 16.5. The SMILES string of the molecule is CCCCCOc1ccc(C(=O)CC(=O)c2ccc(C(=O)OC)cc2)cc1. The molecule has 5 heteroatoms. The number of esters is 1. The second-order valence-electron chi connectivity index (χ2n) is 6.17. The molecular formula is C22H24O5. The number of unbranched alkanes of at least 4 members (excludes halogenated alkanes) is 2. The average molecular weight is 368 g/mol. The molecule has 0 aliphatic carbocycles. The molecule has 0 saturated carbocycles. The lowest BCUT2D eigenvalue weighted by molar-refractivity contribution is 0.0600. The van der Waals surface area contributed by atoms with Crippen LogP contribution in [0.2, 0.25) is 0 Å². The van der Waals surface area contributed by atoms with Crippen LogP contribution in [0, 0.1) is 0 Å². The fraction of sp³-hybridized carbons (Fsp3) is 0.318. The molecule has 0 N–H and O–H groups in total. The van der Waals surface area contributed by atoms with Crippen LogP contribution in [0.3, 0.4) is 0 Å². The largest absolute Gasteiger partial charge is 0.494 e. The molecule has 0 radical (unpaired) electrons. The molecule has 0 amide bonds. The molecule has 0 spiro atoms. The molecule has 0 aromatic heterocycles. The van der Waals surface area contributed by atoms with Crippen molar-refractivity contribution < 1.29 is 23.9 Å². The van der Waals surface area contributed by atoms with E-state index in [1.54, 1.807) is 24.3 Å². The van der Waals surface area contributed by atoms with Gasteiger partial charge < -0.3 is 9.47 Å². The number of methoxy groups -OCH3 is 1. The van der Waals surface area contributed by atoms with Gasteiger partial charge in [-0.15, -0.1) is 0 Å². The lowest BCUT2D eigenvalue weighted by atomic mass is 10.0. The van der Waals surface area contributed by atoms with Crippen molar-refractivity contribution in [1.82, 2.24) is 0 Å². The normalized spacial score (nSPS) is 10.3. The number of ketones is 2. The third kappa shape index (κ3) is 6.06.